The highest BCUT2D eigenvalue weighted by molar-refractivity contribution is 7.62. The summed E-state index contributed by atoms with van der Waals surface area (Å²) in [7, 11) is -1.92. The number of anilines is 1. The van der Waals surface area contributed by atoms with Gasteiger partial charge in [0.05, 0.1) is 12.3 Å². The van der Waals surface area contributed by atoms with Crippen LogP contribution >= 0.6 is 7.43 Å². The predicted octanol–water partition coefficient (Wildman–Crippen LogP) is 4.52. The molecule has 3 rings (SSSR count). The van der Waals surface area contributed by atoms with E-state index in [2.05, 4.69) is 35.6 Å². The molecule has 0 N–H and O–H groups in total. The van der Waals surface area contributed by atoms with Crippen LogP contribution < -0.4 is 4.67 Å². The molecule has 98 valence electrons. The van der Waals surface area contributed by atoms with Crippen molar-refractivity contribution in [2.75, 3.05) is 24.5 Å². The Labute approximate surface area is 114 Å². The summed E-state index contributed by atoms with van der Waals surface area (Å²) >= 11 is 0. The van der Waals surface area contributed by atoms with E-state index in [0.717, 1.165) is 18.8 Å². The predicted molar refractivity (Wildman–Crippen MR) is 81.1 cm³/mol. The first-order valence-corrected chi connectivity index (χ1v) is 8.46. The lowest BCUT2D eigenvalue weighted by molar-refractivity contribution is 0.395. The van der Waals surface area contributed by atoms with Crippen molar-refractivity contribution in [3.63, 3.8) is 0 Å². The SMILES string of the molecule is CP1(=Nc2ccccc2)OCCN1c1ccccc1. The largest absolute Gasteiger partial charge is 0.327 e. The van der Waals surface area contributed by atoms with E-state index in [9.17, 15) is 0 Å². The van der Waals surface area contributed by atoms with Gasteiger partial charge in [-0.3, -0.25) is 0 Å². The van der Waals surface area contributed by atoms with E-state index >= 15 is 0 Å². The molecule has 1 unspecified atom stereocenters. The lowest BCUT2D eigenvalue weighted by atomic mass is 10.3. The number of rotatable bonds is 2. The Hall–Kier alpha value is -1.57. The Morgan fingerprint density at radius 2 is 1.63 bits per heavy atom. The van der Waals surface area contributed by atoms with Crippen molar-refractivity contribution >= 4 is 18.8 Å². The number of nitrogens with zero attached hydrogens (tertiary/aromatic N) is 2. The molecule has 0 saturated carbocycles. The van der Waals surface area contributed by atoms with Crippen LogP contribution in [-0.4, -0.2) is 19.8 Å². The molecule has 1 saturated heterocycles. The standard InChI is InChI=1S/C15H17N2OP/c1-19(16-14-8-4-2-5-9-14)17(12-13-18-19)15-10-6-3-7-11-15/h2-11H,12-13H2,1H3. The fraction of sp³-hybridized carbons (Fsp3) is 0.200. The van der Waals surface area contributed by atoms with E-state index in [1.165, 1.54) is 5.69 Å². The number of para-hydroxylation sites is 1. The molecule has 19 heavy (non-hydrogen) atoms. The van der Waals surface area contributed by atoms with Gasteiger partial charge in [0.1, 0.15) is 0 Å². The van der Waals surface area contributed by atoms with Crippen LogP contribution in [0.5, 0.6) is 0 Å². The summed E-state index contributed by atoms with van der Waals surface area (Å²) in [6, 6.07) is 20.4. The van der Waals surface area contributed by atoms with E-state index in [-0.39, 0.29) is 0 Å². The Morgan fingerprint density at radius 3 is 2.32 bits per heavy atom. The van der Waals surface area contributed by atoms with Gasteiger partial charge in [-0.1, -0.05) is 36.4 Å². The highest BCUT2D eigenvalue weighted by Gasteiger charge is 2.30. The molecule has 2 aromatic carbocycles. The highest BCUT2D eigenvalue weighted by Crippen LogP contribution is 2.57. The van der Waals surface area contributed by atoms with Crippen molar-refractivity contribution in [2.45, 2.75) is 0 Å². The summed E-state index contributed by atoms with van der Waals surface area (Å²) in [5, 5.41) is 0. The second-order valence-electron chi connectivity index (χ2n) is 4.56. The first kappa shape index (κ1) is 12.5. The maximum Gasteiger partial charge on any atom is 0.180 e. The van der Waals surface area contributed by atoms with Crippen LogP contribution in [0.3, 0.4) is 0 Å². The first-order chi connectivity index (χ1) is 9.28. The molecule has 1 aliphatic rings. The Kier molecular flexibility index (Phi) is 3.41. The molecule has 0 aromatic heterocycles. The summed E-state index contributed by atoms with van der Waals surface area (Å²) in [4.78, 5) is 0. The van der Waals surface area contributed by atoms with Crippen LogP contribution in [0.1, 0.15) is 0 Å². The minimum atomic E-state index is -1.92. The van der Waals surface area contributed by atoms with Crippen molar-refractivity contribution in [1.29, 1.82) is 0 Å². The summed E-state index contributed by atoms with van der Waals surface area (Å²) in [6.07, 6.45) is 0. The summed E-state index contributed by atoms with van der Waals surface area (Å²) in [6.45, 7) is 3.78. The quantitative estimate of drug-likeness (QED) is 0.751. The van der Waals surface area contributed by atoms with Crippen LogP contribution in [0, 0.1) is 0 Å². The third-order valence-electron chi connectivity index (χ3n) is 3.20. The Balaban J connectivity index is 2.01. The molecular formula is C15H17N2OP. The maximum absolute atomic E-state index is 5.98. The molecule has 2 aromatic rings. The van der Waals surface area contributed by atoms with Crippen molar-refractivity contribution < 1.29 is 4.52 Å². The van der Waals surface area contributed by atoms with E-state index in [1.54, 1.807) is 0 Å². The average molecular weight is 272 g/mol. The zero-order valence-electron chi connectivity index (χ0n) is 10.9. The fourth-order valence-corrected chi connectivity index (χ4v) is 4.60. The molecule has 1 heterocycles. The van der Waals surface area contributed by atoms with Crippen molar-refractivity contribution in [3.8, 4) is 0 Å². The lowest BCUT2D eigenvalue weighted by Crippen LogP contribution is -2.14. The Bertz CT molecular complexity index is 598. The molecule has 4 heteroatoms. The minimum absolute atomic E-state index is 0.746. The molecule has 0 amide bonds. The zero-order chi connectivity index (χ0) is 13.1. The van der Waals surface area contributed by atoms with E-state index in [1.807, 2.05) is 36.4 Å². The van der Waals surface area contributed by atoms with Gasteiger partial charge >= 0.3 is 0 Å². The molecular weight excluding hydrogens is 255 g/mol. The third kappa shape index (κ3) is 2.58. The molecule has 1 atom stereocenters. The van der Waals surface area contributed by atoms with Crippen molar-refractivity contribution in [2.24, 2.45) is 4.74 Å². The third-order valence-corrected chi connectivity index (χ3v) is 5.80. The number of hydrogen-bond acceptors (Lipinski definition) is 2. The van der Waals surface area contributed by atoms with Crippen molar-refractivity contribution in [1.82, 2.24) is 0 Å². The highest BCUT2D eigenvalue weighted by atomic mass is 31.2. The van der Waals surface area contributed by atoms with Gasteiger partial charge in [-0.2, -0.15) is 0 Å². The molecule has 0 aliphatic carbocycles. The fourth-order valence-electron chi connectivity index (χ4n) is 2.29. The monoisotopic (exact) mass is 272 g/mol. The van der Waals surface area contributed by atoms with Gasteiger partial charge in [0.15, 0.2) is 7.43 Å². The second-order valence-corrected chi connectivity index (χ2v) is 7.17. The molecule has 0 bridgehead atoms. The minimum Gasteiger partial charge on any atom is -0.327 e. The molecule has 1 aliphatic heterocycles. The molecule has 3 nitrogen and oxygen atoms in total. The molecule has 0 spiro atoms. The van der Waals surface area contributed by atoms with Crippen LogP contribution in [0.4, 0.5) is 11.4 Å². The zero-order valence-corrected chi connectivity index (χ0v) is 11.8. The van der Waals surface area contributed by atoms with Crippen LogP contribution in [0.2, 0.25) is 0 Å². The lowest BCUT2D eigenvalue weighted by Gasteiger charge is -2.26. The van der Waals surface area contributed by atoms with Gasteiger partial charge in [-0.05, 0) is 24.3 Å². The van der Waals surface area contributed by atoms with E-state index in [4.69, 9.17) is 9.27 Å². The van der Waals surface area contributed by atoms with Gasteiger partial charge in [-0.15, -0.1) is 0 Å². The van der Waals surface area contributed by atoms with Crippen LogP contribution in [0.25, 0.3) is 0 Å². The van der Waals surface area contributed by atoms with E-state index in [0.29, 0.717) is 0 Å². The number of benzene rings is 2. The van der Waals surface area contributed by atoms with Gasteiger partial charge in [0.25, 0.3) is 0 Å². The first-order valence-electron chi connectivity index (χ1n) is 6.40. The normalized spacial score (nSPS) is 22.5. The van der Waals surface area contributed by atoms with Crippen molar-refractivity contribution in [3.05, 3.63) is 60.7 Å². The Morgan fingerprint density at radius 1 is 1.00 bits per heavy atom. The van der Waals surface area contributed by atoms with Gasteiger partial charge in [0.2, 0.25) is 0 Å². The van der Waals surface area contributed by atoms with Gasteiger partial charge in [-0.25, -0.2) is 4.74 Å². The molecule has 1 fully saturated rings. The van der Waals surface area contributed by atoms with Gasteiger partial charge < -0.3 is 9.19 Å². The summed E-state index contributed by atoms with van der Waals surface area (Å²) < 4.78 is 13.1. The van der Waals surface area contributed by atoms with Gasteiger partial charge in [0, 0.05) is 18.9 Å². The van der Waals surface area contributed by atoms with Crippen LogP contribution in [-0.2, 0) is 4.52 Å². The summed E-state index contributed by atoms with van der Waals surface area (Å²) in [5.41, 5.74) is 2.18. The van der Waals surface area contributed by atoms with Crippen LogP contribution in [0.15, 0.2) is 65.4 Å². The topological polar surface area (TPSA) is 24.8 Å². The molecule has 0 radical (unpaired) electrons. The maximum atomic E-state index is 5.98. The summed E-state index contributed by atoms with van der Waals surface area (Å²) in [5.74, 6) is 0. The average Bonchev–Trinajstić information content (AvgIpc) is 2.82. The second kappa shape index (κ2) is 5.20. The smallest absolute Gasteiger partial charge is 0.180 e. The van der Waals surface area contributed by atoms with E-state index < -0.39 is 7.43 Å². The number of hydrogen-bond donors (Lipinski definition) is 0.